The zero-order chi connectivity index (χ0) is 17.9. The van der Waals surface area contributed by atoms with Crippen LogP contribution in [-0.4, -0.2) is 50.0 Å². The summed E-state index contributed by atoms with van der Waals surface area (Å²) in [6.45, 7) is 6.01. The zero-order valence-corrected chi connectivity index (χ0v) is 19.1. The van der Waals surface area contributed by atoms with Crippen LogP contribution in [0.25, 0.3) is 0 Å². The Morgan fingerprint density at radius 3 is 2.38 bits per heavy atom. The summed E-state index contributed by atoms with van der Waals surface area (Å²) in [6, 6.07) is 0. The molecule has 5 nitrogen and oxygen atoms in total. The lowest BCUT2D eigenvalue weighted by Crippen LogP contribution is -2.46. The van der Waals surface area contributed by atoms with Gasteiger partial charge in [0.15, 0.2) is 5.96 Å². The first-order valence-electron chi connectivity index (χ1n) is 10.5. The van der Waals surface area contributed by atoms with E-state index < -0.39 is 0 Å². The van der Waals surface area contributed by atoms with Crippen LogP contribution in [0.4, 0.5) is 0 Å². The summed E-state index contributed by atoms with van der Waals surface area (Å²) in [7, 11) is 1.72. The van der Waals surface area contributed by atoms with Gasteiger partial charge in [-0.1, -0.05) is 38.5 Å². The molecular formula is C20H39IN4O. The minimum atomic E-state index is 0. The molecule has 26 heavy (non-hydrogen) atoms. The molecule has 0 atom stereocenters. The second-order valence-electron chi connectivity index (χ2n) is 7.69. The molecule has 0 radical (unpaired) electrons. The Labute approximate surface area is 177 Å². The molecule has 2 fully saturated rings. The summed E-state index contributed by atoms with van der Waals surface area (Å²) in [5.74, 6) is 2.75. The van der Waals surface area contributed by atoms with Crippen LogP contribution in [0.15, 0.2) is 4.99 Å². The van der Waals surface area contributed by atoms with E-state index in [1.54, 1.807) is 7.05 Å². The second-order valence-corrected chi connectivity index (χ2v) is 7.69. The highest BCUT2D eigenvalue weighted by Crippen LogP contribution is 2.28. The number of likely N-dealkylation sites (tertiary alicyclic amines) is 1. The van der Waals surface area contributed by atoms with Gasteiger partial charge in [0, 0.05) is 39.6 Å². The van der Waals surface area contributed by atoms with Crippen LogP contribution in [0, 0.1) is 11.8 Å². The fourth-order valence-electron chi connectivity index (χ4n) is 4.17. The quantitative estimate of drug-likeness (QED) is 0.242. The van der Waals surface area contributed by atoms with Gasteiger partial charge >= 0.3 is 0 Å². The van der Waals surface area contributed by atoms with E-state index in [0.29, 0.717) is 12.3 Å². The highest BCUT2D eigenvalue weighted by Gasteiger charge is 2.23. The third kappa shape index (κ3) is 8.44. The number of nitrogens with one attached hydrogen (secondary N) is 2. The Bertz CT molecular complexity index is 416. The number of nitrogens with zero attached hydrogens (tertiary/aromatic N) is 2. The maximum absolute atomic E-state index is 11.5. The fraction of sp³-hybridized carbons (Fsp3) is 0.900. The number of piperidine rings is 1. The summed E-state index contributed by atoms with van der Waals surface area (Å²) in [5, 5.41) is 6.19. The van der Waals surface area contributed by atoms with Crippen molar-refractivity contribution in [1.82, 2.24) is 15.5 Å². The van der Waals surface area contributed by atoms with Crippen molar-refractivity contribution in [1.29, 1.82) is 0 Å². The zero-order valence-electron chi connectivity index (χ0n) is 16.8. The standard InChI is InChI=1S/C20H38N4O.HI/c1-3-22-20(23-13-7-6-10-17-8-4-5-9-17)24-14-11-18(12-15-24)16-19(25)21-2;/h17-18H,3-16H2,1-2H3,(H,21,25)(H,22,23);1H. The van der Waals surface area contributed by atoms with Crippen molar-refractivity contribution in [3.63, 3.8) is 0 Å². The third-order valence-electron chi connectivity index (χ3n) is 5.76. The van der Waals surface area contributed by atoms with Gasteiger partial charge in [0.2, 0.25) is 5.91 Å². The molecule has 2 aliphatic rings. The lowest BCUT2D eigenvalue weighted by molar-refractivity contribution is -0.121. The van der Waals surface area contributed by atoms with Crippen LogP contribution in [-0.2, 0) is 4.79 Å². The van der Waals surface area contributed by atoms with Crippen LogP contribution in [0.2, 0.25) is 0 Å². The van der Waals surface area contributed by atoms with E-state index in [4.69, 9.17) is 4.99 Å². The van der Waals surface area contributed by atoms with Crippen LogP contribution in [0.3, 0.4) is 0 Å². The maximum atomic E-state index is 11.5. The van der Waals surface area contributed by atoms with E-state index in [0.717, 1.165) is 50.9 Å². The summed E-state index contributed by atoms with van der Waals surface area (Å²) in [4.78, 5) is 18.8. The first-order chi connectivity index (χ1) is 12.2. The molecule has 0 aromatic rings. The summed E-state index contributed by atoms with van der Waals surface area (Å²) >= 11 is 0. The van der Waals surface area contributed by atoms with Gasteiger partial charge in [-0.15, -0.1) is 24.0 Å². The van der Waals surface area contributed by atoms with Crippen molar-refractivity contribution in [2.75, 3.05) is 33.2 Å². The molecule has 0 aromatic carbocycles. The number of amides is 1. The van der Waals surface area contributed by atoms with E-state index >= 15 is 0 Å². The lowest BCUT2D eigenvalue weighted by atomic mass is 9.93. The van der Waals surface area contributed by atoms with Gasteiger partial charge in [0.25, 0.3) is 0 Å². The predicted molar refractivity (Wildman–Crippen MR) is 120 cm³/mol. The monoisotopic (exact) mass is 478 g/mol. The molecule has 0 aromatic heterocycles. The van der Waals surface area contributed by atoms with E-state index in [-0.39, 0.29) is 29.9 Å². The van der Waals surface area contributed by atoms with Gasteiger partial charge in [-0.3, -0.25) is 9.79 Å². The maximum Gasteiger partial charge on any atom is 0.220 e. The molecule has 1 amide bonds. The molecule has 1 aliphatic heterocycles. The molecule has 6 heteroatoms. The minimum absolute atomic E-state index is 0. The van der Waals surface area contributed by atoms with E-state index in [1.165, 1.54) is 44.9 Å². The van der Waals surface area contributed by atoms with E-state index in [9.17, 15) is 4.79 Å². The molecule has 1 heterocycles. The van der Waals surface area contributed by atoms with E-state index in [2.05, 4.69) is 22.5 Å². The normalized spacial score (nSPS) is 19.3. The number of carbonyl (C=O) groups excluding carboxylic acids is 1. The average Bonchev–Trinajstić information content (AvgIpc) is 3.14. The van der Waals surface area contributed by atoms with Crippen molar-refractivity contribution >= 4 is 35.8 Å². The number of hydrogen-bond acceptors (Lipinski definition) is 2. The Hall–Kier alpha value is -0.530. The van der Waals surface area contributed by atoms with Gasteiger partial charge in [0.05, 0.1) is 0 Å². The van der Waals surface area contributed by atoms with Gasteiger partial charge < -0.3 is 15.5 Å². The minimum Gasteiger partial charge on any atom is -0.359 e. The van der Waals surface area contributed by atoms with Crippen molar-refractivity contribution in [3.05, 3.63) is 0 Å². The number of unbranched alkanes of at least 4 members (excludes halogenated alkanes) is 1. The van der Waals surface area contributed by atoms with Gasteiger partial charge in [-0.25, -0.2) is 0 Å². The molecule has 0 spiro atoms. The number of carbonyl (C=O) groups is 1. The van der Waals surface area contributed by atoms with Crippen LogP contribution < -0.4 is 10.6 Å². The van der Waals surface area contributed by atoms with E-state index in [1.807, 2.05) is 0 Å². The number of aliphatic imine (C=N–C) groups is 1. The van der Waals surface area contributed by atoms with Crippen LogP contribution >= 0.6 is 24.0 Å². The predicted octanol–water partition coefficient (Wildman–Crippen LogP) is 3.78. The van der Waals surface area contributed by atoms with Crippen LogP contribution in [0.5, 0.6) is 0 Å². The molecule has 2 N–H and O–H groups in total. The molecule has 0 unspecified atom stereocenters. The highest BCUT2D eigenvalue weighted by atomic mass is 127. The first kappa shape index (κ1) is 23.5. The number of halogens is 1. The number of guanidine groups is 1. The van der Waals surface area contributed by atoms with Gasteiger partial charge in [-0.2, -0.15) is 0 Å². The molecule has 1 aliphatic carbocycles. The number of hydrogen-bond donors (Lipinski definition) is 2. The van der Waals surface area contributed by atoms with Crippen molar-refractivity contribution in [3.8, 4) is 0 Å². The van der Waals surface area contributed by atoms with Gasteiger partial charge in [0.1, 0.15) is 0 Å². The Morgan fingerprint density at radius 1 is 1.08 bits per heavy atom. The Balaban J connectivity index is 0.00000338. The highest BCUT2D eigenvalue weighted by molar-refractivity contribution is 14.0. The Kier molecular flexibility index (Phi) is 12.3. The van der Waals surface area contributed by atoms with Crippen molar-refractivity contribution in [2.24, 2.45) is 16.8 Å². The largest absolute Gasteiger partial charge is 0.359 e. The summed E-state index contributed by atoms with van der Waals surface area (Å²) < 4.78 is 0. The average molecular weight is 478 g/mol. The number of rotatable bonds is 8. The third-order valence-corrected chi connectivity index (χ3v) is 5.76. The molecule has 152 valence electrons. The van der Waals surface area contributed by atoms with Crippen LogP contribution in [0.1, 0.15) is 71.1 Å². The molecule has 2 rings (SSSR count). The van der Waals surface area contributed by atoms with Crippen molar-refractivity contribution < 1.29 is 4.79 Å². The molecule has 1 saturated carbocycles. The lowest BCUT2D eigenvalue weighted by Gasteiger charge is -2.34. The Morgan fingerprint density at radius 2 is 1.77 bits per heavy atom. The molecule has 1 saturated heterocycles. The molecule has 0 bridgehead atoms. The second kappa shape index (κ2) is 13.6. The summed E-state index contributed by atoms with van der Waals surface area (Å²) in [6.07, 6.45) is 12.6. The molecular weight excluding hydrogens is 439 g/mol. The fourth-order valence-corrected chi connectivity index (χ4v) is 4.17. The topological polar surface area (TPSA) is 56.7 Å². The first-order valence-corrected chi connectivity index (χ1v) is 10.5. The smallest absolute Gasteiger partial charge is 0.220 e. The SMILES string of the molecule is CCNC(=NCCCCC1CCCC1)N1CCC(CC(=O)NC)CC1.I. The van der Waals surface area contributed by atoms with Gasteiger partial charge in [-0.05, 0) is 38.0 Å². The van der Waals surface area contributed by atoms with Crippen molar-refractivity contribution in [2.45, 2.75) is 71.1 Å². The summed E-state index contributed by atoms with van der Waals surface area (Å²) in [5.41, 5.74) is 0.